The van der Waals surface area contributed by atoms with Crippen molar-refractivity contribution in [3.63, 3.8) is 0 Å². The summed E-state index contributed by atoms with van der Waals surface area (Å²) in [5.74, 6) is -0.310. The molecule has 0 aliphatic heterocycles. The number of imidazole rings is 2. The van der Waals surface area contributed by atoms with Gasteiger partial charge in [0.15, 0.2) is 0 Å². The van der Waals surface area contributed by atoms with E-state index in [-0.39, 0.29) is 17.1 Å². The topological polar surface area (TPSA) is 165 Å². The van der Waals surface area contributed by atoms with Gasteiger partial charge in [-0.05, 0) is 42.5 Å². The van der Waals surface area contributed by atoms with Crippen LogP contribution in [0, 0.1) is 6.57 Å². The van der Waals surface area contributed by atoms with Crippen molar-refractivity contribution in [3.8, 4) is 45.0 Å². The van der Waals surface area contributed by atoms with Crippen molar-refractivity contribution in [2.75, 3.05) is 0 Å². The molecule has 19 heteroatoms. The molecule has 8 rings (SSSR count). The first-order valence-corrected chi connectivity index (χ1v) is 15.1. The molecule has 0 bridgehead atoms. The smallest absolute Gasteiger partial charge is 0.364 e. The van der Waals surface area contributed by atoms with E-state index in [9.17, 15) is 31.1 Å². The van der Waals surface area contributed by atoms with Crippen molar-refractivity contribution in [2.24, 2.45) is 5.73 Å². The first kappa shape index (κ1) is 34.1. The van der Waals surface area contributed by atoms with E-state index >= 15 is 0 Å². The highest BCUT2D eigenvalue weighted by atomic mass is 19.4. The summed E-state index contributed by atoms with van der Waals surface area (Å²) in [7, 11) is 0. The number of nitrogens with zero attached hydrogens (tertiary/aromatic N) is 9. The van der Waals surface area contributed by atoms with Crippen molar-refractivity contribution >= 4 is 23.0 Å². The molecule has 53 heavy (non-hydrogen) atoms. The van der Waals surface area contributed by atoms with Crippen LogP contribution < -0.4 is 5.73 Å². The Morgan fingerprint density at radius 3 is 1.66 bits per heavy atom. The van der Waals surface area contributed by atoms with Gasteiger partial charge in [0.2, 0.25) is 5.65 Å². The lowest BCUT2D eigenvalue weighted by Gasteiger charge is -2.08. The van der Waals surface area contributed by atoms with Crippen LogP contribution in [0.2, 0.25) is 0 Å². The van der Waals surface area contributed by atoms with Crippen molar-refractivity contribution in [1.82, 2.24) is 49.1 Å². The van der Waals surface area contributed by atoms with Crippen LogP contribution in [0.3, 0.4) is 0 Å². The van der Waals surface area contributed by atoms with Crippen LogP contribution in [-0.4, -0.2) is 55.0 Å². The number of hydrogen-bond acceptors (Lipinski definition) is 7. The lowest BCUT2D eigenvalue weighted by molar-refractivity contribution is -0.141. The zero-order valence-corrected chi connectivity index (χ0v) is 26.5. The van der Waals surface area contributed by atoms with E-state index in [2.05, 4.69) is 45.2 Å². The molecule has 8 heterocycles. The van der Waals surface area contributed by atoms with Crippen LogP contribution in [0.5, 0.6) is 0 Å². The molecule has 13 nitrogen and oxygen atoms in total. The predicted octanol–water partition coefficient (Wildman–Crippen LogP) is 7.26. The van der Waals surface area contributed by atoms with Gasteiger partial charge in [-0.25, -0.2) is 24.3 Å². The fourth-order valence-electron chi connectivity index (χ4n) is 5.40. The number of carbonyl (C=O) groups excluding carboxylic acids is 1. The van der Waals surface area contributed by atoms with Gasteiger partial charge in [0, 0.05) is 34.5 Å². The lowest BCUT2D eigenvalue weighted by atomic mass is 10.1. The Labute approximate surface area is 292 Å². The first-order valence-electron chi connectivity index (χ1n) is 15.1. The minimum Gasteiger partial charge on any atom is -0.364 e. The molecule has 8 aromatic rings. The number of fused-ring (bicyclic) bond motifs is 2. The average molecular weight is 727 g/mol. The van der Waals surface area contributed by atoms with Gasteiger partial charge in [0.05, 0.1) is 53.8 Å². The number of nitrogens with one attached hydrogen (secondary N) is 2. The Hall–Kier alpha value is -7.36. The summed E-state index contributed by atoms with van der Waals surface area (Å²) in [6, 6.07) is 14.2. The second kappa shape index (κ2) is 13.1. The summed E-state index contributed by atoms with van der Waals surface area (Å²) in [6.45, 7) is 7.18. The number of halogens is 6. The number of hydrogen-bond donors (Lipinski definition) is 3. The molecular formula is C34H20F6N12O. The number of primary amides is 1. The van der Waals surface area contributed by atoms with Crippen LogP contribution in [0.25, 0.3) is 61.2 Å². The third kappa shape index (κ3) is 6.63. The van der Waals surface area contributed by atoms with Gasteiger partial charge in [-0.3, -0.25) is 19.4 Å². The van der Waals surface area contributed by atoms with Crippen LogP contribution in [0.15, 0.2) is 97.8 Å². The molecule has 0 saturated carbocycles. The number of aromatic amines is 2. The highest BCUT2D eigenvalue weighted by Gasteiger charge is 2.34. The molecule has 0 aromatic carbocycles. The maximum atomic E-state index is 12.9. The Balaban J connectivity index is 0.000000164. The molecule has 0 fully saturated rings. The summed E-state index contributed by atoms with van der Waals surface area (Å²) < 4.78 is 80.8. The quantitative estimate of drug-likeness (QED) is 0.124. The van der Waals surface area contributed by atoms with Gasteiger partial charge in [0.25, 0.3) is 11.7 Å². The minimum atomic E-state index is -4.55. The molecular weight excluding hydrogens is 706 g/mol. The van der Waals surface area contributed by atoms with Crippen LogP contribution >= 0.6 is 0 Å². The Morgan fingerprint density at radius 1 is 0.679 bits per heavy atom. The van der Waals surface area contributed by atoms with Crippen molar-refractivity contribution in [3.05, 3.63) is 126 Å². The van der Waals surface area contributed by atoms with E-state index in [1.165, 1.54) is 53.5 Å². The number of H-pyrrole nitrogens is 2. The van der Waals surface area contributed by atoms with Gasteiger partial charge < -0.3 is 10.6 Å². The van der Waals surface area contributed by atoms with Gasteiger partial charge in [0.1, 0.15) is 22.7 Å². The molecule has 264 valence electrons. The van der Waals surface area contributed by atoms with E-state index in [1.807, 2.05) is 0 Å². The van der Waals surface area contributed by atoms with Crippen molar-refractivity contribution in [1.29, 1.82) is 0 Å². The van der Waals surface area contributed by atoms with Crippen molar-refractivity contribution in [2.45, 2.75) is 12.4 Å². The van der Waals surface area contributed by atoms with E-state index in [0.29, 0.717) is 50.8 Å². The average Bonchev–Trinajstić information content (AvgIpc) is 3.96. The normalized spacial score (nSPS) is 11.7. The van der Waals surface area contributed by atoms with E-state index in [0.717, 1.165) is 12.1 Å². The molecule has 0 saturated heterocycles. The second-order valence-corrected chi connectivity index (χ2v) is 11.2. The fourth-order valence-corrected chi connectivity index (χ4v) is 5.40. The minimum absolute atomic E-state index is 0.0955. The summed E-state index contributed by atoms with van der Waals surface area (Å²) in [4.78, 5) is 30.5. The number of carbonyl (C=O) groups is 1. The highest BCUT2D eigenvalue weighted by Crippen LogP contribution is 2.35. The predicted molar refractivity (Wildman–Crippen MR) is 177 cm³/mol. The second-order valence-electron chi connectivity index (χ2n) is 11.2. The van der Waals surface area contributed by atoms with Crippen LogP contribution in [0.4, 0.5) is 32.2 Å². The number of amides is 1. The monoisotopic (exact) mass is 726 g/mol. The Kier molecular flexibility index (Phi) is 8.41. The van der Waals surface area contributed by atoms with Gasteiger partial charge in [-0.2, -0.15) is 36.5 Å². The maximum absolute atomic E-state index is 12.9. The molecule has 1 amide bonds. The van der Waals surface area contributed by atoms with E-state index in [4.69, 9.17) is 12.3 Å². The molecule has 0 unspecified atom stereocenters. The summed E-state index contributed by atoms with van der Waals surface area (Å²) in [5, 5.41) is 13.3. The molecule has 0 radical (unpaired) electrons. The number of nitrogens with two attached hydrogens (primary N) is 1. The zero-order valence-electron chi connectivity index (χ0n) is 26.5. The Bertz CT molecular complexity index is 2680. The third-order valence-electron chi connectivity index (χ3n) is 7.85. The summed E-state index contributed by atoms with van der Waals surface area (Å²) in [5.41, 5.74) is 7.93. The fraction of sp³-hybridized carbons (Fsp3) is 0.0588. The SMILES string of the molecule is NC(=O)c1cnc2ccc(-c3cn[nH]c3-c3cccc(C(F)(F)F)n3)cn12.[C-]#[N+]c1cnc2ccc(-c3cn[nH]c3-c3cccc(C(F)(F)F)n3)cn12. The molecule has 0 atom stereocenters. The van der Waals surface area contributed by atoms with Gasteiger partial charge in [-0.15, -0.1) is 0 Å². The molecule has 4 N–H and O–H groups in total. The number of aromatic nitrogens is 10. The maximum Gasteiger partial charge on any atom is 0.433 e. The largest absolute Gasteiger partial charge is 0.433 e. The Morgan fingerprint density at radius 2 is 1.17 bits per heavy atom. The van der Waals surface area contributed by atoms with E-state index < -0.39 is 29.6 Å². The zero-order chi connectivity index (χ0) is 37.5. The van der Waals surface area contributed by atoms with Gasteiger partial charge >= 0.3 is 12.4 Å². The number of pyridine rings is 4. The highest BCUT2D eigenvalue weighted by molar-refractivity contribution is 5.92. The van der Waals surface area contributed by atoms with Crippen LogP contribution in [0.1, 0.15) is 21.9 Å². The number of rotatable bonds is 5. The third-order valence-corrected chi connectivity index (χ3v) is 7.85. The molecule has 0 spiro atoms. The summed E-state index contributed by atoms with van der Waals surface area (Å²) in [6.07, 6.45) is 0.00976. The van der Waals surface area contributed by atoms with Gasteiger partial charge in [-0.1, -0.05) is 18.7 Å². The number of alkyl halides is 6. The van der Waals surface area contributed by atoms with Crippen molar-refractivity contribution < 1.29 is 31.1 Å². The summed E-state index contributed by atoms with van der Waals surface area (Å²) >= 11 is 0. The van der Waals surface area contributed by atoms with E-state index in [1.54, 1.807) is 41.1 Å². The lowest BCUT2D eigenvalue weighted by Crippen LogP contribution is -2.13. The standard InChI is InChI=1S/C17H11F3N6O.C17H9F3N6/c18-17(19,20)13-3-1-2-11(24-13)15-10(6-23-25-15)9-4-5-14-22-7-12(16(21)27)26(14)8-9;1-21-15-8-22-14-6-5-10(9-26(14)15)11-7-23-25-16(11)12-3-2-4-13(24-12)17(18,19)20/h1-8H,(H2,21,27)(H,23,25);2-9H,(H,23,25). The molecule has 0 aliphatic rings. The molecule has 0 aliphatic carbocycles. The first-order chi connectivity index (χ1) is 25.3. The molecule has 8 aromatic heterocycles. The van der Waals surface area contributed by atoms with Crippen LogP contribution in [-0.2, 0) is 12.4 Å².